The van der Waals surface area contributed by atoms with Gasteiger partial charge < -0.3 is 4.42 Å². The molecule has 4 heteroatoms. The molecule has 1 unspecified atom stereocenters. The first kappa shape index (κ1) is 12.3. The molecule has 0 amide bonds. The van der Waals surface area contributed by atoms with Crippen LogP contribution in [0.3, 0.4) is 0 Å². The molecule has 92 valence electrons. The molecule has 2 nitrogen and oxygen atoms in total. The van der Waals surface area contributed by atoms with Gasteiger partial charge in [-0.2, -0.15) is 5.26 Å². The fourth-order valence-electron chi connectivity index (χ4n) is 1.97. The lowest BCUT2D eigenvalue weighted by Crippen LogP contribution is -2.25. The normalized spacial score (nSPS) is 13.9. The van der Waals surface area contributed by atoms with Gasteiger partial charge in [0.25, 0.3) is 0 Å². The number of furan rings is 1. The molecule has 0 N–H and O–H groups in total. The highest BCUT2D eigenvalue weighted by Gasteiger charge is 2.33. The van der Waals surface area contributed by atoms with Crippen LogP contribution in [-0.2, 0) is 11.8 Å². The third kappa shape index (κ3) is 2.12. The van der Waals surface area contributed by atoms with Crippen molar-refractivity contribution in [2.45, 2.75) is 18.8 Å². The Morgan fingerprint density at radius 1 is 1.22 bits per heavy atom. The molecule has 1 atom stereocenters. The van der Waals surface area contributed by atoms with Crippen molar-refractivity contribution in [3.63, 3.8) is 0 Å². The van der Waals surface area contributed by atoms with Crippen molar-refractivity contribution in [3.8, 4) is 6.07 Å². The van der Waals surface area contributed by atoms with Crippen molar-refractivity contribution >= 4 is 0 Å². The zero-order chi connectivity index (χ0) is 13.2. The smallest absolute Gasteiger partial charge is 0.130 e. The van der Waals surface area contributed by atoms with Gasteiger partial charge in [0.2, 0.25) is 0 Å². The molecule has 0 bridgehead atoms. The van der Waals surface area contributed by atoms with Crippen LogP contribution in [0.4, 0.5) is 8.78 Å². The van der Waals surface area contributed by atoms with Gasteiger partial charge in [-0.25, -0.2) is 8.78 Å². The van der Waals surface area contributed by atoms with Gasteiger partial charge in [-0.05, 0) is 31.2 Å². The van der Waals surface area contributed by atoms with Crippen molar-refractivity contribution in [1.29, 1.82) is 5.26 Å². The van der Waals surface area contributed by atoms with E-state index in [1.165, 1.54) is 19.3 Å². The molecule has 0 aliphatic heterocycles. The summed E-state index contributed by atoms with van der Waals surface area (Å²) in [4.78, 5) is 0. The van der Waals surface area contributed by atoms with E-state index in [1.54, 1.807) is 12.1 Å². The monoisotopic (exact) mass is 247 g/mol. The first-order valence-corrected chi connectivity index (χ1v) is 5.45. The quantitative estimate of drug-likeness (QED) is 0.831. The molecule has 18 heavy (non-hydrogen) atoms. The number of benzene rings is 1. The topological polar surface area (TPSA) is 36.9 Å². The van der Waals surface area contributed by atoms with Gasteiger partial charge in [0.05, 0.1) is 17.7 Å². The van der Waals surface area contributed by atoms with Crippen molar-refractivity contribution in [2.24, 2.45) is 0 Å². The van der Waals surface area contributed by atoms with E-state index in [1.807, 2.05) is 6.07 Å². The van der Waals surface area contributed by atoms with Gasteiger partial charge in [0, 0.05) is 12.0 Å². The average molecular weight is 247 g/mol. The van der Waals surface area contributed by atoms with Crippen LogP contribution in [0.15, 0.2) is 41.0 Å². The molecule has 0 aliphatic rings. The summed E-state index contributed by atoms with van der Waals surface area (Å²) in [6, 6.07) is 8.90. The highest BCUT2D eigenvalue weighted by atomic mass is 19.1. The minimum Gasteiger partial charge on any atom is -0.469 e. The van der Waals surface area contributed by atoms with Crippen LogP contribution in [-0.4, -0.2) is 0 Å². The zero-order valence-corrected chi connectivity index (χ0v) is 9.78. The van der Waals surface area contributed by atoms with Gasteiger partial charge >= 0.3 is 0 Å². The first-order valence-electron chi connectivity index (χ1n) is 5.45. The highest BCUT2D eigenvalue weighted by Crippen LogP contribution is 2.31. The molecule has 0 saturated heterocycles. The summed E-state index contributed by atoms with van der Waals surface area (Å²) >= 11 is 0. The van der Waals surface area contributed by atoms with Gasteiger partial charge in [-0.3, -0.25) is 0 Å². The third-order valence-corrected chi connectivity index (χ3v) is 2.87. The molecule has 0 saturated carbocycles. The summed E-state index contributed by atoms with van der Waals surface area (Å²) < 4.78 is 32.6. The summed E-state index contributed by atoms with van der Waals surface area (Å²) in [6.45, 7) is 1.50. The SMILES string of the molecule is CC(C#N)(Cc1ccco1)c1c(F)cccc1F. The van der Waals surface area contributed by atoms with E-state index in [2.05, 4.69) is 0 Å². The maximum absolute atomic E-state index is 13.7. The minimum atomic E-state index is -1.30. The molecule has 2 rings (SSSR count). The second-order valence-corrected chi connectivity index (χ2v) is 4.30. The van der Waals surface area contributed by atoms with Crippen LogP contribution in [0.2, 0.25) is 0 Å². The number of nitrogens with zero attached hydrogens (tertiary/aromatic N) is 1. The van der Waals surface area contributed by atoms with E-state index >= 15 is 0 Å². The fourth-order valence-corrected chi connectivity index (χ4v) is 1.97. The number of hydrogen-bond donors (Lipinski definition) is 0. The highest BCUT2D eigenvalue weighted by molar-refractivity contribution is 5.35. The van der Waals surface area contributed by atoms with Crippen LogP contribution < -0.4 is 0 Å². The Morgan fingerprint density at radius 3 is 2.39 bits per heavy atom. The molecule has 1 aromatic carbocycles. The summed E-state index contributed by atoms with van der Waals surface area (Å²) in [5.74, 6) is -0.919. The van der Waals surface area contributed by atoms with Crippen molar-refractivity contribution in [2.75, 3.05) is 0 Å². The Labute approximate surface area is 103 Å². The molecule has 1 heterocycles. The Kier molecular flexibility index (Phi) is 3.15. The van der Waals surface area contributed by atoms with Crippen LogP contribution in [0.1, 0.15) is 18.2 Å². The van der Waals surface area contributed by atoms with Crippen LogP contribution >= 0.6 is 0 Å². The van der Waals surface area contributed by atoms with Crippen molar-refractivity contribution < 1.29 is 13.2 Å². The second kappa shape index (κ2) is 4.61. The lowest BCUT2D eigenvalue weighted by atomic mass is 9.79. The van der Waals surface area contributed by atoms with Crippen molar-refractivity contribution in [3.05, 3.63) is 59.6 Å². The largest absolute Gasteiger partial charge is 0.469 e. The third-order valence-electron chi connectivity index (χ3n) is 2.87. The minimum absolute atomic E-state index is 0.119. The van der Waals surface area contributed by atoms with E-state index < -0.39 is 17.0 Å². The van der Waals surface area contributed by atoms with Gasteiger partial charge in [0.1, 0.15) is 17.4 Å². The fraction of sp³-hybridized carbons (Fsp3) is 0.214. The molecule has 1 aromatic heterocycles. The molecule has 2 aromatic rings. The van der Waals surface area contributed by atoms with E-state index in [-0.39, 0.29) is 12.0 Å². The summed E-state index contributed by atoms with van der Waals surface area (Å²) in [5, 5.41) is 9.26. The maximum atomic E-state index is 13.7. The Morgan fingerprint density at radius 2 is 1.89 bits per heavy atom. The van der Waals surface area contributed by atoms with Gasteiger partial charge in [-0.15, -0.1) is 0 Å². The van der Waals surface area contributed by atoms with Crippen LogP contribution in [0, 0.1) is 23.0 Å². The van der Waals surface area contributed by atoms with Crippen LogP contribution in [0.5, 0.6) is 0 Å². The number of hydrogen-bond acceptors (Lipinski definition) is 2. The maximum Gasteiger partial charge on any atom is 0.130 e. The van der Waals surface area contributed by atoms with Crippen molar-refractivity contribution in [1.82, 2.24) is 0 Å². The van der Waals surface area contributed by atoms with E-state index in [4.69, 9.17) is 4.42 Å². The standard InChI is InChI=1S/C14H11F2NO/c1-14(9-17,8-10-4-3-7-18-10)13-11(15)5-2-6-12(13)16/h2-7H,8H2,1H3. The van der Waals surface area contributed by atoms with E-state index in [0.29, 0.717) is 5.76 Å². The molecule has 0 radical (unpaired) electrons. The lowest BCUT2D eigenvalue weighted by Gasteiger charge is -2.22. The Bertz CT molecular complexity index is 566. The number of nitriles is 1. The molecule has 0 aliphatic carbocycles. The zero-order valence-electron chi connectivity index (χ0n) is 9.78. The molecular formula is C14H11F2NO. The average Bonchev–Trinajstić information content (AvgIpc) is 2.81. The number of rotatable bonds is 3. The van der Waals surface area contributed by atoms with Crippen LogP contribution in [0.25, 0.3) is 0 Å². The predicted molar refractivity (Wildman–Crippen MR) is 61.7 cm³/mol. The molecule has 0 fully saturated rings. The predicted octanol–water partition coefficient (Wildman–Crippen LogP) is 3.58. The first-order chi connectivity index (χ1) is 8.57. The Hall–Kier alpha value is -2.15. The summed E-state index contributed by atoms with van der Waals surface area (Å²) in [7, 11) is 0. The lowest BCUT2D eigenvalue weighted by molar-refractivity contribution is 0.434. The van der Waals surface area contributed by atoms with Gasteiger partial charge in [0.15, 0.2) is 0 Å². The summed E-state index contributed by atoms with van der Waals surface area (Å²) in [6.07, 6.45) is 1.58. The Balaban J connectivity index is 2.47. The molecule has 0 spiro atoms. The van der Waals surface area contributed by atoms with E-state index in [0.717, 1.165) is 12.1 Å². The second-order valence-electron chi connectivity index (χ2n) is 4.30. The van der Waals surface area contributed by atoms with Gasteiger partial charge in [-0.1, -0.05) is 6.07 Å². The number of halogens is 2. The summed E-state index contributed by atoms with van der Waals surface area (Å²) in [5.41, 5.74) is -1.52. The molecular weight excluding hydrogens is 236 g/mol. The van der Waals surface area contributed by atoms with E-state index in [9.17, 15) is 14.0 Å².